The lowest BCUT2D eigenvalue weighted by molar-refractivity contribution is -0.132. The molecule has 3 rings (SSSR count). The molecule has 120 valence electrons. The van der Waals surface area contributed by atoms with Crippen LogP contribution in [0, 0.1) is 6.92 Å². The monoisotopic (exact) mass is 321 g/mol. The van der Waals surface area contributed by atoms with Crippen molar-refractivity contribution in [3.05, 3.63) is 70.9 Å². The van der Waals surface area contributed by atoms with Gasteiger partial charge in [-0.25, -0.2) is 9.79 Å². The van der Waals surface area contributed by atoms with Crippen molar-refractivity contribution in [3.8, 4) is 5.75 Å². The molecule has 0 fully saturated rings. The zero-order chi connectivity index (χ0) is 17.1. The summed E-state index contributed by atoms with van der Waals surface area (Å²) < 4.78 is 10.2. The van der Waals surface area contributed by atoms with Gasteiger partial charge in [-0.2, -0.15) is 0 Å². The third kappa shape index (κ3) is 3.41. The molecule has 0 spiro atoms. The predicted octanol–water partition coefficient (Wildman–Crippen LogP) is 3.26. The fourth-order valence-electron chi connectivity index (χ4n) is 2.29. The van der Waals surface area contributed by atoms with Gasteiger partial charge in [0.1, 0.15) is 5.75 Å². The average Bonchev–Trinajstić information content (AvgIpc) is 2.90. The van der Waals surface area contributed by atoms with Gasteiger partial charge in [-0.15, -0.1) is 0 Å². The van der Waals surface area contributed by atoms with Crippen LogP contribution in [-0.4, -0.2) is 17.8 Å². The van der Waals surface area contributed by atoms with E-state index in [9.17, 15) is 9.59 Å². The van der Waals surface area contributed by atoms with E-state index in [-0.39, 0.29) is 11.7 Å². The largest absolute Gasteiger partial charge is 0.427 e. The number of rotatable bonds is 3. The highest BCUT2D eigenvalue weighted by Gasteiger charge is 2.24. The number of esters is 2. The molecule has 0 saturated carbocycles. The molecule has 24 heavy (non-hydrogen) atoms. The second-order valence-corrected chi connectivity index (χ2v) is 5.31. The van der Waals surface area contributed by atoms with Crippen LogP contribution < -0.4 is 4.74 Å². The van der Waals surface area contributed by atoms with Crippen LogP contribution >= 0.6 is 0 Å². The number of ether oxygens (including phenoxy) is 2. The Bertz CT molecular complexity index is 863. The number of cyclic esters (lactones) is 1. The number of benzene rings is 2. The Morgan fingerprint density at radius 1 is 1.12 bits per heavy atom. The number of hydrogen-bond acceptors (Lipinski definition) is 5. The summed E-state index contributed by atoms with van der Waals surface area (Å²) in [6.45, 7) is 3.27. The quantitative estimate of drug-likeness (QED) is 0.494. The summed E-state index contributed by atoms with van der Waals surface area (Å²) in [5.74, 6) is -0.117. The molecule has 2 aromatic carbocycles. The molecule has 0 aromatic heterocycles. The van der Waals surface area contributed by atoms with Crippen molar-refractivity contribution in [2.24, 2.45) is 4.99 Å². The van der Waals surface area contributed by atoms with Crippen molar-refractivity contribution in [3.63, 3.8) is 0 Å². The highest BCUT2D eigenvalue weighted by molar-refractivity contribution is 6.13. The van der Waals surface area contributed by atoms with Crippen molar-refractivity contribution in [1.29, 1.82) is 0 Å². The highest BCUT2D eigenvalue weighted by atomic mass is 16.6. The Kier molecular flexibility index (Phi) is 4.24. The van der Waals surface area contributed by atoms with Crippen molar-refractivity contribution in [2.45, 2.75) is 13.8 Å². The molecule has 5 heteroatoms. The van der Waals surface area contributed by atoms with Gasteiger partial charge in [0.2, 0.25) is 5.90 Å². The lowest BCUT2D eigenvalue weighted by atomic mass is 10.1. The van der Waals surface area contributed by atoms with Crippen molar-refractivity contribution >= 4 is 23.9 Å². The zero-order valence-electron chi connectivity index (χ0n) is 13.3. The predicted molar refractivity (Wildman–Crippen MR) is 89.5 cm³/mol. The third-order valence-corrected chi connectivity index (χ3v) is 3.44. The van der Waals surface area contributed by atoms with Crippen LogP contribution in [0.5, 0.6) is 5.75 Å². The standard InChI is InChI=1S/C19H15NO4/c1-12-5-3-4-6-16(12)18-20-17(19(22)24-18)11-14-7-9-15(10-8-14)23-13(2)21/h3-11H,1-2H3/b17-11-. The van der Waals surface area contributed by atoms with Crippen LogP contribution in [0.1, 0.15) is 23.6 Å². The Morgan fingerprint density at radius 2 is 1.83 bits per heavy atom. The van der Waals surface area contributed by atoms with Crippen LogP contribution in [0.15, 0.2) is 59.2 Å². The van der Waals surface area contributed by atoms with Gasteiger partial charge in [0.05, 0.1) is 0 Å². The zero-order valence-corrected chi connectivity index (χ0v) is 13.3. The lowest BCUT2D eigenvalue weighted by Gasteiger charge is -2.02. The highest BCUT2D eigenvalue weighted by Crippen LogP contribution is 2.21. The van der Waals surface area contributed by atoms with Gasteiger partial charge in [0.25, 0.3) is 0 Å². The van der Waals surface area contributed by atoms with Crippen molar-refractivity contribution < 1.29 is 19.1 Å². The summed E-state index contributed by atoms with van der Waals surface area (Å²) in [5.41, 5.74) is 2.76. The van der Waals surface area contributed by atoms with Crippen LogP contribution in [0.25, 0.3) is 6.08 Å². The molecule has 0 saturated heterocycles. The van der Waals surface area contributed by atoms with Gasteiger partial charge in [-0.05, 0) is 42.3 Å². The molecule has 1 aliphatic heterocycles. The summed E-state index contributed by atoms with van der Waals surface area (Å²) >= 11 is 0. The normalized spacial score (nSPS) is 15.2. The molecule has 0 aliphatic carbocycles. The Morgan fingerprint density at radius 3 is 2.50 bits per heavy atom. The number of aryl methyl sites for hydroxylation is 1. The Hall–Kier alpha value is -3.21. The van der Waals surface area contributed by atoms with Crippen molar-refractivity contribution in [2.75, 3.05) is 0 Å². The molecule has 1 aliphatic rings. The molecular weight excluding hydrogens is 306 g/mol. The molecule has 0 amide bonds. The minimum absolute atomic E-state index is 0.230. The van der Waals surface area contributed by atoms with Crippen LogP contribution in [0.4, 0.5) is 0 Å². The minimum Gasteiger partial charge on any atom is -0.427 e. The maximum Gasteiger partial charge on any atom is 0.363 e. The van der Waals surface area contributed by atoms with Gasteiger partial charge in [0, 0.05) is 12.5 Å². The molecule has 1 heterocycles. The Labute approximate surface area is 139 Å². The van der Waals surface area contributed by atoms with E-state index in [1.807, 2.05) is 31.2 Å². The molecule has 2 aromatic rings. The number of nitrogens with zero attached hydrogens (tertiary/aromatic N) is 1. The first kappa shape index (κ1) is 15.7. The first-order chi connectivity index (χ1) is 11.5. The van der Waals surface area contributed by atoms with Crippen LogP contribution in [0.3, 0.4) is 0 Å². The Balaban J connectivity index is 1.86. The van der Waals surface area contributed by atoms with Crippen LogP contribution in [-0.2, 0) is 14.3 Å². The second kappa shape index (κ2) is 6.50. The third-order valence-electron chi connectivity index (χ3n) is 3.44. The van der Waals surface area contributed by atoms with E-state index >= 15 is 0 Å². The summed E-state index contributed by atoms with van der Waals surface area (Å²) in [6.07, 6.45) is 1.63. The summed E-state index contributed by atoms with van der Waals surface area (Å²) in [6, 6.07) is 14.4. The van der Waals surface area contributed by atoms with E-state index in [1.54, 1.807) is 30.3 Å². The maximum absolute atomic E-state index is 12.0. The van der Waals surface area contributed by atoms with E-state index < -0.39 is 5.97 Å². The van der Waals surface area contributed by atoms with E-state index in [0.717, 1.165) is 16.7 Å². The molecule has 5 nitrogen and oxygen atoms in total. The number of aliphatic imine (C=N–C) groups is 1. The maximum atomic E-state index is 12.0. The SMILES string of the molecule is CC(=O)Oc1ccc(/C=C2\N=C(c3ccccc3C)OC2=O)cc1. The number of carbonyl (C=O) groups excluding carboxylic acids is 2. The van der Waals surface area contributed by atoms with Gasteiger partial charge in [-0.3, -0.25) is 4.79 Å². The fourth-order valence-corrected chi connectivity index (χ4v) is 2.29. The fraction of sp³-hybridized carbons (Fsp3) is 0.105. The molecule has 0 bridgehead atoms. The van der Waals surface area contributed by atoms with Gasteiger partial charge in [-0.1, -0.05) is 30.3 Å². The minimum atomic E-state index is -0.489. The van der Waals surface area contributed by atoms with E-state index in [2.05, 4.69) is 4.99 Å². The summed E-state index contributed by atoms with van der Waals surface area (Å²) in [7, 11) is 0. The average molecular weight is 321 g/mol. The smallest absolute Gasteiger partial charge is 0.363 e. The number of hydrogen-bond donors (Lipinski definition) is 0. The lowest BCUT2D eigenvalue weighted by Crippen LogP contribution is -2.06. The first-order valence-corrected chi connectivity index (χ1v) is 7.40. The van der Waals surface area contributed by atoms with E-state index in [1.165, 1.54) is 6.92 Å². The molecule has 0 radical (unpaired) electrons. The van der Waals surface area contributed by atoms with Crippen molar-refractivity contribution in [1.82, 2.24) is 0 Å². The molecular formula is C19H15NO4. The van der Waals surface area contributed by atoms with E-state index in [4.69, 9.17) is 9.47 Å². The van der Waals surface area contributed by atoms with E-state index in [0.29, 0.717) is 11.6 Å². The molecule has 0 N–H and O–H groups in total. The first-order valence-electron chi connectivity index (χ1n) is 7.40. The summed E-state index contributed by atoms with van der Waals surface area (Å²) in [4.78, 5) is 27.2. The number of carbonyl (C=O) groups is 2. The van der Waals surface area contributed by atoms with Crippen LogP contribution in [0.2, 0.25) is 0 Å². The van der Waals surface area contributed by atoms with Gasteiger partial charge < -0.3 is 9.47 Å². The molecule has 0 unspecified atom stereocenters. The summed E-state index contributed by atoms with van der Waals surface area (Å²) in [5, 5.41) is 0. The second-order valence-electron chi connectivity index (χ2n) is 5.31. The molecule has 0 atom stereocenters. The van der Waals surface area contributed by atoms with Gasteiger partial charge >= 0.3 is 11.9 Å². The topological polar surface area (TPSA) is 65.0 Å². The van der Waals surface area contributed by atoms with Gasteiger partial charge in [0.15, 0.2) is 5.70 Å².